The molecule has 0 atom stereocenters. The topological polar surface area (TPSA) is 60.1 Å². The lowest BCUT2D eigenvalue weighted by Crippen LogP contribution is -1.99. The van der Waals surface area contributed by atoms with Gasteiger partial charge in [0.1, 0.15) is 5.65 Å². The SMILES string of the molecule is COc1ccc(-c2cn(Cc3ccc(C#N)cc3)c3ncccc23)cc1OC. The molecule has 138 valence electrons. The summed E-state index contributed by atoms with van der Waals surface area (Å²) >= 11 is 0. The molecular weight excluding hydrogens is 350 g/mol. The van der Waals surface area contributed by atoms with E-state index in [0.717, 1.165) is 27.7 Å². The lowest BCUT2D eigenvalue weighted by Gasteiger charge is -2.09. The zero-order valence-corrected chi connectivity index (χ0v) is 15.7. The molecule has 2 heterocycles. The fraction of sp³-hybridized carbons (Fsp3) is 0.130. The third-order valence-electron chi connectivity index (χ3n) is 4.76. The number of rotatable bonds is 5. The van der Waals surface area contributed by atoms with E-state index in [0.29, 0.717) is 23.6 Å². The van der Waals surface area contributed by atoms with E-state index in [2.05, 4.69) is 27.9 Å². The summed E-state index contributed by atoms with van der Waals surface area (Å²) in [7, 11) is 3.27. The van der Waals surface area contributed by atoms with Crippen LogP contribution in [0.2, 0.25) is 0 Å². The second-order valence-electron chi connectivity index (χ2n) is 6.42. The molecule has 4 rings (SSSR count). The summed E-state index contributed by atoms with van der Waals surface area (Å²) in [4.78, 5) is 4.59. The number of aromatic nitrogens is 2. The zero-order valence-electron chi connectivity index (χ0n) is 15.7. The molecule has 5 heteroatoms. The monoisotopic (exact) mass is 369 g/mol. The maximum absolute atomic E-state index is 8.98. The summed E-state index contributed by atoms with van der Waals surface area (Å²) in [6.07, 6.45) is 3.91. The Balaban J connectivity index is 1.79. The molecule has 0 spiro atoms. The first kappa shape index (κ1) is 17.6. The van der Waals surface area contributed by atoms with Crippen molar-refractivity contribution in [3.8, 4) is 28.7 Å². The van der Waals surface area contributed by atoms with Crippen molar-refractivity contribution in [2.45, 2.75) is 6.54 Å². The van der Waals surface area contributed by atoms with Gasteiger partial charge in [0.15, 0.2) is 11.5 Å². The van der Waals surface area contributed by atoms with Crippen molar-refractivity contribution in [3.63, 3.8) is 0 Å². The van der Waals surface area contributed by atoms with E-state index in [9.17, 15) is 0 Å². The molecule has 2 aromatic heterocycles. The largest absolute Gasteiger partial charge is 0.493 e. The highest BCUT2D eigenvalue weighted by molar-refractivity contribution is 5.94. The van der Waals surface area contributed by atoms with Crippen LogP contribution in [-0.2, 0) is 6.54 Å². The third kappa shape index (κ3) is 3.17. The zero-order chi connectivity index (χ0) is 19.5. The molecule has 0 aliphatic carbocycles. The van der Waals surface area contributed by atoms with E-state index in [-0.39, 0.29) is 0 Å². The third-order valence-corrected chi connectivity index (χ3v) is 4.76. The van der Waals surface area contributed by atoms with Gasteiger partial charge in [-0.2, -0.15) is 5.26 Å². The summed E-state index contributed by atoms with van der Waals surface area (Å²) in [6.45, 7) is 0.673. The molecule has 0 aliphatic heterocycles. The van der Waals surface area contributed by atoms with Crippen LogP contribution in [0.5, 0.6) is 11.5 Å². The minimum atomic E-state index is 0.658. The standard InChI is InChI=1S/C23H19N3O2/c1-27-21-10-9-18(12-22(21)28-2)20-15-26(23-19(20)4-3-11-25-23)14-17-7-5-16(13-24)6-8-17/h3-12,15H,14H2,1-2H3. The number of nitrogens with zero attached hydrogens (tertiary/aromatic N) is 3. The summed E-state index contributed by atoms with van der Waals surface area (Å²) in [5, 5.41) is 10.1. The van der Waals surface area contributed by atoms with Crippen LogP contribution in [0.15, 0.2) is 67.0 Å². The molecule has 0 N–H and O–H groups in total. The van der Waals surface area contributed by atoms with E-state index in [1.54, 1.807) is 20.4 Å². The van der Waals surface area contributed by atoms with Crippen LogP contribution in [0, 0.1) is 11.3 Å². The first-order valence-corrected chi connectivity index (χ1v) is 8.89. The molecule has 0 saturated carbocycles. The van der Waals surface area contributed by atoms with Gasteiger partial charge in [-0.3, -0.25) is 0 Å². The van der Waals surface area contributed by atoms with Crippen LogP contribution >= 0.6 is 0 Å². The van der Waals surface area contributed by atoms with Crippen LogP contribution < -0.4 is 9.47 Å². The highest BCUT2D eigenvalue weighted by atomic mass is 16.5. The number of nitriles is 1. The fourth-order valence-corrected chi connectivity index (χ4v) is 3.36. The Morgan fingerprint density at radius 1 is 1.00 bits per heavy atom. The minimum Gasteiger partial charge on any atom is -0.493 e. The van der Waals surface area contributed by atoms with Crippen LogP contribution in [0.25, 0.3) is 22.2 Å². The normalized spacial score (nSPS) is 10.6. The molecule has 28 heavy (non-hydrogen) atoms. The molecule has 0 bridgehead atoms. The molecule has 5 nitrogen and oxygen atoms in total. The van der Waals surface area contributed by atoms with Gasteiger partial charge in [-0.25, -0.2) is 4.98 Å². The molecular formula is C23H19N3O2. The van der Waals surface area contributed by atoms with Crippen LogP contribution in [0.4, 0.5) is 0 Å². The molecule has 4 aromatic rings. The summed E-state index contributed by atoms with van der Waals surface area (Å²) < 4.78 is 12.9. The number of ether oxygens (including phenoxy) is 2. The Morgan fingerprint density at radius 3 is 2.50 bits per heavy atom. The molecule has 0 fully saturated rings. The highest BCUT2D eigenvalue weighted by Gasteiger charge is 2.14. The number of fused-ring (bicyclic) bond motifs is 1. The van der Waals surface area contributed by atoms with E-state index in [1.807, 2.05) is 48.5 Å². The fourth-order valence-electron chi connectivity index (χ4n) is 3.36. The van der Waals surface area contributed by atoms with Crippen molar-refractivity contribution in [1.82, 2.24) is 9.55 Å². The van der Waals surface area contributed by atoms with Crippen molar-refractivity contribution in [3.05, 3.63) is 78.1 Å². The van der Waals surface area contributed by atoms with Crippen molar-refractivity contribution >= 4 is 11.0 Å². The molecule has 2 aromatic carbocycles. The van der Waals surface area contributed by atoms with Crippen LogP contribution in [0.3, 0.4) is 0 Å². The van der Waals surface area contributed by atoms with Gasteiger partial charge in [-0.1, -0.05) is 18.2 Å². The highest BCUT2D eigenvalue weighted by Crippen LogP contribution is 2.36. The molecule has 0 radical (unpaired) electrons. The summed E-state index contributed by atoms with van der Waals surface area (Å²) in [5.41, 5.74) is 4.80. The first-order valence-electron chi connectivity index (χ1n) is 8.89. The summed E-state index contributed by atoms with van der Waals surface area (Å²) in [5.74, 6) is 1.39. The van der Waals surface area contributed by atoms with E-state index < -0.39 is 0 Å². The van der Waals surface area contributed by atoms with Crippen LogP contribution in [-0.4, -0.2) is 23.8 Å². The van der Waals surface area contributed by atoms with E-state index in [4.69, 9.17) is 14.7 Å². The first-order chi connectivity index (χ1) is 13.7. The number of hydrogen-bond acceptors (Lipinski definition) is 4. The lowest BCUT2D eigenvalue weighted by molar-refractivity contribution is 0.355. The van der Waals surface area contributed by atoms with Gasteiger partial charge < -0.3 is 14.0 Å². The minimum absolute atomic E-state index is 0.658. The number of hydrogen-bond donors (Lipinski definition) is 0. The number of pyridine rings is 1. The predicted octanol–water partition coefficient (Wildman–Crippen LogP) is 4.64. The lowest BCUT2D eigenvalue weighted by atomic mass is 10.1. The van der Waals surface area contributed by atoms with Gasteiger partial charge in [0.05, 0.1) is 25.9 Å². The summed E-state index contributed by atoms with van der Waals surface area (Å²) in [6, 6.07) is 19.7. The van der Waals surface area contributed by atoms with Gasteiger partial charge in [0.25, 0.3) is 0 Å². The van der Waals surface area contributed by atoms with Gasteiger partial charge in [0, 0.05) is 29.9 Å². The maximum Gasteiger partial charge on any atom is 0.161 e. The van der Waals surface area contributed by atoms with Crippen molar-refractivity contribution < 1.29 is 9.47 Å². The number of benzene rings is 2. The Hall–Kier alpha value is -3.78. The van der Waals surface area contributed by atoms with Crippen molar-refractivity contribution in [2.24, 2.45) is 0 Å². The average molecular weight is 369 g/mol. The van der Waals surface area contributed by atoms with Crippen molar-refractivity contribution in [1.29, 1.82) is 5.26 Å². The predicted molar refractivity (Wildman–Crippen MR) is 109 cm³/mol. The van der Waals surface area contributed by atoms with E-state index in [1.165, 1.54) is 0 Å². The van der Waals surface area contributed by atoms with Gasteiger partial charge in [-0.15, -0.1) is 0 Å². The molecule has 0 unspecified atom stereocenters. The van der Waals surface area contributed by atoms with Crippen molar-refractivity contribution in [2.75, 3.05) is 14.2 Å². The quantitative estimate of drug-likeness (QED) is 0.514. The molecule has 0 amide bonds. The van der Waals surface area contributed by atoms with Gasteiger partial charge in [-0.05, 0) is 47.5 Å². The Morgan fingerprint density at radius 2 is 1.79 bits per heavy atom. The second kappa shape index (κ2) is 7.45. The van der Waals surface area contributed by atoms with Gasteiger partial charge >= 0.3 is 0 Å². The average Bonchev–Trinajstić information content (AvgIpc) is 3.12. The molecule has 0 saturated heterocycles. The van der Waals surface area contributed by atoms with Gasteiger partial charge in [0.2, 0.25) is 0 Å². The van der Waals surface area contributed by atoms with E-state index >= 15 is 0 Å². The Kier molecular flexibility index (Phi) is 4.69. The number of methoxy groups -OCH3 is 2. The van der Waals surface area contributed by atoms with Crippen LogP contribution in [0.1, 0.15) is 11.1 Å². The maximum atomic E-state index is 8.98. The Bertz CT molecular complexity index is 1170. The smallest absolute Gasteiger partial charge is 0.161 e. The second-order valence-corrected chi connectivity index (χ2v) is 6.42. The Labute approximate surface area is 163 Å². The molecule has 0 aliphatic rings.